The normalized spacial score (nSPS) is 12.8. The largest absolute Gasteiger partial charge is 0.434 e. The van der Waals surface area contributed by atoms with Crippen LogP contribution in [0.25, 0.3) is 5.69 Å². The highest BCUT2D eigenvalue weighted by molar-refractivity contribution is 9.10. The fourth-order valence-electron chi connectivity index (χ4n) is 1.57. The summed E-state index contributed by atoms with van der Waals surface area (Å²) in [5.74, 6) is 0. The van der Waals surface area contributed by atoms with Crippen LogP contribution in [0.4, 0.5) is 26.3 Å². The van der Waals surface area contributed by atoms with Gasteiger partial charge < -0.3 is 0 Å². The monoisotopic (exact) mass is 358 g/mol. The average Bonchev–Trinajstić information content (AvgIpc) is 2.70. The van der Waals surface area contributed by atoms with Crippen molar-refractivity contribution in [1.29, 1.82) is 0 Å². The molecule has 108 valence electrons. The van der Waals surface area contributed by atoms with Gasteiger partial charge in [-0.05, 0) is 40.2 Å². The Morgan fingerprint density at radius 1 is 0.900 bits per heavy atom. The fourth-order valence-corrected chi connectivity index (χ4v) is 2.06. The van der Waals surface area contributed by atoms with Crippen molar-refractivity contribution in [3.8, 4) is 5.69 Å². The first-order chi connectivity index (χ1) is 9.10. The Balaban J connectivity index is 2.48. The zero-order valence-electron chi connectivity index (χ0n) is 9.43. The summed E-state index contributed by atoms with van der Waals surface area (Å²) < 4.78 is 75.9. The molecular formula is C11H5BrF6N2. The predicted octanol–water partition coefficient (Wildman–Crippen LogP) is 4.67. The highest BCUT2D eigenvalue weighted by Crippen LogP contribution is 2.36. The third kappa shape index (κ3) is 2.82. The first kappa shape index (κ1) is 14.9. The van der Waals surface area contributed by atoms with Crippen molar-refractivity contribution in [3.05, 3.63) is 46.2 Å². The highest BCUT2D eigenvalue weighted by atomic mass is 79.9. The molecule has 0 aliphatic heterocycles. The first-order valence-corrected chi connectivity index (χ1v) is 5.88. The van der Waals surface area contributed by atoms with Gasteiger partial charge in [0.2, 0.25) is 0 Å². The molecule has 9 heteroatoms. The lowest BCUT2D eigenvalue weighted by atomic mass is 10.2. The molecule has 0 saturated carbocycles. The summed E-state index contributed by atoms with van der Waals surface area (Å²) in [5.41, 5.74) is -2.14. The number of benzene rings is 1. The molecule has 1 aromatic heterocycles. The van der Waals surface area contributed by atoms with E-state index in [4.69, 9.17) is 0 Å². The second-order valence-electron chi connectivity index (χ2n) is 3.80. The van der Waals surface area contributed by atoms with Gasteiger partial charge in [0.05, 0.1) is 21.9 Å². The minimum atomic E-state index is -4.68. The van der Waals surface area contributed by atoms with E-state index in [1.807, 2.05) is 0 Å². The van der Waals surface area contributed by atoms with Crippen molar-refractivity contribution >= 4 is 15.9 Å². The van der Waals surface area contributed by atoms with Crippen LogP contribution in [0.5, 0.6) is 0 Å². The second-order valence-corrected chi connectivity index (χ2v) is 4.65. The van der Waals surface area contributed by atoms with E-state index in [1.165, 1.54) is 0 Å². The van der Waals surface area contributed by atoms with E-state index in [2.05, 4.69) is 21.0 Å². The Bertz CT molecular complexity index is 611. The quantitative estimate of drug-likeness (QED) is 0.677. The maximum Gasteiger partial charge on any atom is 0.434 e. The lowest BCUT2D eigenvalue weighted by Gasteiger charge is -2.12. The number of hydrogen-bond donors (Lipinski definition) is 0. The van der Waals surface area contributed by atoms with Crippen molar-refractivity contribution in [2.75, 3.05) is 0 Å². The molecule has 20 heavy (non-hydrogen) atoms. The van der Waals surface area contributed by atoms with Crippen LogP contribution in [0.15, 0.2) is 34.9 Å². The number of alkyl halides is 6. The molecule has 0 saturated heterocycles. The van der Waals surface area contributed by atoms with E-state index in [0.29, 0.717) is 16.8 Å². The summed E-state index contributed by atoms with van der Waals surface area (Å²) in [6.07, 6.45) is -8.30. The molecule has 0 amide bonds. The molecule has 2 nitrogen and oxygen atoms in total. The maximum atomic E-state index is 12.8. The number of nitrogens with zero attached hydrogens (tertiary/aromatic N) is 2. The van der Waals surface area contributed by atoms with Crippen molar-refractivity contribution in [3.63, 3.8) is 0 Å². The third-order valence-electron chi connectivity index (χ3n) is 2.43. The van der Waals surface area contributed by atoms with Gasteiger partial charge in [-0.1, -0.05) is 0 Å². The average molecular weight is 359 g/mol. The molecule has 0 unspecified atom stereocenters. The van der Waals surface area contributed by atoms with E-state index in [1.54, 1.807) is 0 Å². The lowest BCUT2D eigenvalue weighted by molar-refractivity contribution is -0.143. The van der Waals surface area contributed by atoms with Gasteiger partial charge in [0, 0.05) is 0 Å². The molecule has 1 heterocycles. The SMILES string of the molecule is FC(F)(F)c1ccc(-n2ncc(Br)c2C(F)(F)F)cc1. The zero-order valence-corrected chi connectivity index (χ0v) is 11.0. The van der Waals surface area contributed by atoms with E-state index >= 15 is 0 Å². The number of rotatable bonds is 1. The molecule has 0 atom stereocenters. The lowest BCUT2D eigenvalue weighted by Crippen LogP contribution is -2.14. The van der Waals surface area contributed by atoms with Gasteiger partial charge in [-0.15, -0.1) is 0 Å². The number of aromatic nitrogens is 2. The molecule has 0 N–H and O–H groups in total. The molecule has 2 aromatic rings. The summed E-state index contributed by atoms with van der Waals surface area (Å²) >= 11 is 2.71. The molecule has 0 radical (unpaired) electrons. The van der Waals surface area contributed by atoms with Crippen molar-refractivity contribution in [2.24, 2.45) is 0 Å². The van der Waals surface area contributed by atoms with Gasteiger partial charge in [-0.25, -0.2) is 4.68 Å². The Morgan fingerprint density at radius 2 is 1.45 bits per heavy atom. The van der Waals surface area contributed by atoms with Gasteiger partial charge in [0.25, 0.3) is 0 Å². The summed E-state index contributed by atoms with van der Waals surface area (Å²) in [5, 5.41) is 3.51. The van der Waals surface area contributed by atoms with Gasteiger partial charge in [-0.3, -0.25) is 0 Å². The highest BCUT2D eigenvalue weighted by Gasteiger charge is 2.38. The second kappa shape index (κ2) is 4.80. The topological polar surface area (TPSA) is 17.8 Å². The molecule has 1 aromatic carbocycles. The van der Waals surface area contributed by atoms with E-state index in [9.17, 15) is 26.3 Å². The van der Waals surface area contributed by atoms with Crippen molar-refractivity contribution < 1.29 is 26.3 Å². The van der Waals surface area contributed by atoms with Crippen LogP contribution in [-0.2, 0) is 12.4 Å². The van der Waals surface area contributed by atoms with Gasteiger partial charge in [-0.2, -0.15) is 31.4 Å². The minimum Gasteiger partial charge on any atom is -0.227 e. The maximum absolute atomic E-state index is 12.8. The van der Waals surface area contributed by atoms with E-state index in [0.717, 1.165) is 18.3 Å². The smallest absolute Gasteiger partial charge is 0.227 e. The van der Waals surface area contributed by atoms with E-state index < -0.39 is 23.6 Å². The van der Waals surface area contributed by atoms with E-state index in [-0.39, 0.29) is 10.2 Å². The van der Waals surface area contributed by atoms with Crippen LogP contribution in [-0.4, -0.2) is 9.78 Å². The molecule has 0 fully saturated rings. The zero-order chi connectivity index (χ0) is 15.1. The van der Waals surface area contributed by atoms with Crippen LogP contribution in [0.3, 0.4) is 0 Å². The van der Waals surface area contributed by atoms with Crippen molar-refractivity contribution in [2.45, 2.75) is 12.4 Å². The Labute approximate surface area is 117 Å². The van der Waals surface area contributed by atoms with Gasteiger partial charge >= 0.3 is 12.4 Å². The van der Waals surface area contributed by atoms with Crippen LogP contribution in [0.1, 0.15) is 11.3 Å². The minimum absolute atomic E-state index is 0.115. The summed E-state index contributed by atoms with van der Waals surface area (Å²) in [7, 11) is 0. The Morgan fingerprint density at radius 3 is 1.90 bits per heavy atom. The summed E-state index contributed by atoms with van der Waals surface area (Å²) in [6.45, 7) is 0. The van der Waals surface area contributed by atoms with Crippen LogP contribution in [0, 0.1) is 0 Å². The fraction of sp³-hybridized carbons (Fsp3) is 0.182. The molecule has 0 aliphatic carbocycles. The van der Waals surface area contributed by atoms with Crippen LogP contribution in [0.2, 0.25) is 0 Å². The number of halogens is 7. The summed E-state index contributed by atoms with van der Waals surface area (Å²) in [6, 6.07) is 3.26. The van der Waals surface area contributed by atoms with Crippen LogP contribution >= 0.6 is 15.9 Å². The molecule has 0 spiro atoms. The van der Waals surface area contributed by atoms with Crippen LogP contribution < -0.4 is 0 Å². The standard InChI is InChI=1S/C11H5BrF6N2/c12-8-5-19-20(9(8)11(16,17)18)7-3-1-6(2-4-7)10(13,14)15/h1-5H. The molecule has 2 rings (SSSR count). The molecule has 0 bridgehead atoms. The van der Waals surface area contributed by atoms with Crippen molar-refractivity contribution in [1.82, 2.24) is 9.78 Å². The Hall–Kier alpha value is -1.51. The third-order valence-corrected chi connectivity index (χ3v) is 3.01. The van der Waals surface area contributed by atoms with Gasteiger partial charge in [0.15, 0.2) is 5.69 Å². The first-order valence-electron chi connectivity index (χ1n) is 5.09. The summed E-state index contributed by atoms with van der Waals surface area (Å²) in [4.78, 5) is 0. The Kier molecular flexibility index (Phi) is 3.57. The molecule has 0 aliphatic rings. The predicted molar refractivity (Wildman–Crippen MR) is 61.3 cm³/mol. The van der Waals surface area contributed by atoms with Gasteiger partial charge in [0.1, 0.15) is 0 Å². The molecular weight excluding hydrogens is 354 g/mol. The number of hydrogen-bond acceptors (Lipinski definition) is 1.